The summed E-state index contributed by atoms with van der Waals surface area (Å²) in [5.41, 5.74) is 2.99. The topological polar surface area (TPSA) is 93.5 Å². The van der Waals surface area contributed by atoms with Crippen LogP contribution in [0.4, 0.5) is 11.5 Å². The molecule has 0 unspecified atom stereocenters. The Kier molecular flexibility index (Phi) is 6.95. The van der Waals surface area contributed by atoms with Crippen molar-refractivity contribution in [3.05, 3.63) is 64.1 Å². The minimum Gasteiger partial charge on any atom is -0.466 e. The number of aryl methyl sites for hydroxylation is 1. The second-order valence-electron chi connectivity index (χ2n) is 8.63. The van der Waals surface area contributed by atoms with Crippen LogP contribution in [-0.4, -0.2) is 41.1 Å². The number of amides is 1. The van der Waals surface area contributed by atoms with Crippen LogP contribution >= 0.6 is 0 Å². The summed E-state index contributed by atoms with van der Waals surface area (Å²) in [5.74, 6) is 0.0155. The maximum absolute atomic E-state index is 13.0. The van der Waals surface area contributed by atoms with Gasteiger partial charge in [-0.1, -0.05) is 24.3 Å². The van der Waals surface area contributed by atoms with E-state index in [1.54, 1.807) is 6.92 Å². The predicted molar refractivity (Wildman–Crippen MR) is 132 cm³/mol. The molecule has 8 nitrogen and oxygen atoms in total. The molecule has 0 aliphatic carbocycles. The Morgan fingerprint density at radius 1 is 1.09 bits per heavy atom. The van der Waals surface area contributed by atoms with Gasteiger partial charge in [0.2, 0.25) is 5.91 Å². The summed E-state index contributed by atoms with van der Waals surface area (Å²) in [6.07, 6.45) is 1.30. The Bertz CT molecular complexity index is 1280. The minimum absolute atomic E-state index is 0.128. The molecule has 1 aliphatic heterocycles. The van der Waals surface area contributed by atoms with Crippen LogP contribution in [-0.2, 0) is 20.9 Å². The molecule has 2 aromatic carbocycles. The second-order valence-corrected chi connectivity index (χ2v) is 8.63. The molecule has 1 aliphatic rings. The van der Waals surface area contributed by atoms with Crippen LogP contribution in [0.25, 0.3) is 10.9 Å². The van der Waals surface area contributed by atoms with Crippen molar-refractivity contribution in [3.8, 4) is 0 Å². The van der Waals surface area contributed by atoms with Gasteiger partial charge in [0.1, 0.15) is 12.4 Å². The van der Waals surface area contributed by atoms with Crippen molar-refractivity contribution < 1.29 is 14.3 Å². The number of hydrogen-bond acceptors (Lipinski definition) is 6. The number of nitrogens with one attached hydrogen (secondary N) is 1. The zero-order chi connectivity index (χ0) is 24.2. The summed E-state index contributed by atoms with van der Waals surface area (Å²) in [4.78, 5) is 44.3. The molecule has 0 saturated carbocycles. The fraction of sp³-hybridized carbons (Fsp3) is 0.385. The number of carbonyl (C=O) groups is 2. The number of hydrogen-bond donors (Lipinski definition) is 1. The first-order valence-corrected chi connectivity index (χ1v) is 11.7. The third kappa shape index (κ3) is 4.81. The maximum atomic E-state index is 13.0. The molecule has 1 amide bonds. The molecule has 3 aromatic rings. The largest absolute Gasteiger partial charge is 0.466 e. The van der Waals surface area contributed by atoms with Gasteiger partial charge >= 0.3 is 11.7 Å². The normalized spacial score (nSPS) is 14.3. The molecule has 1 fully saturated rings. The van der Waals surface area contributed by atoms with Crippen molar-refractivity contribution in [2.45, 2.75) is 40.2 Å². The number of carbonyl (C=O) groups excluding carboxylic acids is 2. The molecule has 1 saturated heterocycles. The van der Waals surface area contributed by atoms with Crippen molar-refractivity contribution >= 4 is 34.3 Å². The van der Waals surface area contributed by atoms with E-state index in [4.69, 9.17) is 4.74 Å². The van der Waals surface area contributed by atoms with Crippen molar-refractivity contribution in [1.29, 1.82) is 0 Å². The average Bonchev–Trinajstić information content (AvgIpc) is 2.84. The lowest BCUT2D eigenvalue weighted by Gasteiger charge is -2.32. The fourth-order valence-electron chi connectivity index (χ4n) is 4.41. The lowest BCUT2D eigenvalue weighted by molar-refractivity contribution is -0.148. The highest BCUT2D eigenvalue weighted by Crippen LogP contribution is 2.28. The number of benzene rings is 2. The van der Waals surface area contributed by atoms with E-state index in [2.05, 4.69) is 10.3 Å². The number of nitrogens with zero attached hydrogens (tertiary/aromatic N) is 3. The van der Waals surface area contributed by atoms with E-state index in [9.17, 15) is 14.4 Å². The number of rotatable bonds is 6. The molecule has 0 atom stereocenters. The molecule has 0 spiro atoms. The molecule has 4 rings (SSSR count). The Balaban J connectivity index is 1.58. The summed E-state index contributed by atoms with van der Waals surface area (Å²) in [6, 6.07) is 13.2. The Labute approximate surface area is 198 Å². The highest BCUT2D eigenvalue weighted by molar-refractivity contribution is 5.94. The molecule has 178 valence electrons. The molecule has 0 bridgehead atoms. The Morgan fingerprint density at radius 3 is 2.56 bits per heavy atom. The quantitative estimate of drug-likeness (QED) is 0.564. The SMILES string of the molecule is CCOC(=O)C1CCN(c2nc(=O)n(CC(=O)Nc3cccc(C)c3C)c3ccccc23)CC1. The molecule has 8 heteroatoms. The average molecular weight is 463 g/mol. The van der Waals surface area contributed by atoms with Crippen LogP contribution in [0.1, 0.15) is 30.9 Å². The van der Waals surface area contributed by atoms with Gasteiger partial charge in [-0.25, -0.2) is 4.79 Å². The van der Waals surface area contributed by atoms with Crippen LogP contribution in [0.15, 0.2) is 47.3 Å². The van der Waals surface area contributed by atoms with Gasteiger partial charge in [-0.2, -0.15) is 4.98 Å². The molecular weight excluding hydrogens is 432 g/mol. The van der Waals surface area contributed by atoms with Crippen LogP contribution in [0.2, 0.25) is 0 Å². The number of ether oxygens (including phenoxy) is 1. The molecule has 34 heavy (non-hydrogen) atoms. The highest BCUT2D eigenvalue weighted by Gasteiger charge is 2.28. The summed E-state index contributed by atoms with van der Waals surface area (Å²) in [5, 5.41) is 3.72. The number of aromatic nitrogens is 2. The van der Waals surface area contributed by atoms with Gasteiger partial charge in [0.15, 0.2) is 0 Å². The van der Waals surface area contributed by atoms with Gasteiger partial charge in [-0.05, 0) is 62.9 Å². The number of para-hydroxylation sites is 1. The summed E-state index contributed by atoms with van der Waals surface area (Å²) >= 11 is 0. The van der Waals surface area contributed by atoms with Crippen LogP contribution in [0.3, 0.4) is 0 Å². The minimum atomic E-state index is -0.475. The summed E-state index contributed by atoms with van der Waals surface area (Å²) < 4.78 is 6.56. The summed E-state index contributed by atoms with van der Waals surface area (Å²) in [7, 11) is 0. The van der Waals surface area contributed by atoms with Gasteiger partial charge in [0.25, 0.3) is 0 Å². The van der Waals surface area contributed by atoms with E-state index in [1.807, 2.05) is 61.2 Å². The number of piperidine rings is 1. The smallest absolute Gasteiger partial charge is 0.350 e. The van der Waals surface area contributed by atoms with Crippen molar-refractivity contribution in [1.82, 2.24) is 9.55 Å². The number of esters is 1. The first kappa shape index (κ1) is 23.5. The molecule has 1 aromatic heterocycles. The van der Waals surface area contributed by atoms with Crippen molar-refractivity contribution in [2.75, 3.05) is 29.9 Å². The Morgan fingerprint density at radius 2 is 1.82 bits per heavy atom. The zero-order valence-electron chi connectivity index (χ0n) is 19.8. The Hall–Kier alpha value is -3.68. The van der Waals surface area contributed by atoms with Gasteiger partial charge in [-0.3, -0.25) is 14.2 Å². The lowest BCUT2D eigenvalue weighted by Crippen LogP contribution is -2.39. The second kappa shape index (κ2) is 10.1. The van der Waals surface area contributed by atoms with Gasteiger partial charge < -0.3 is 15.0 Å². The highest BCUT2D eigenvalue weighted by atomic mass is 16.5. The van der Waals surface area contributed by atoms with E-state index in [-0.39, 0.29) is 24.3 Å². The third-order valence-corrected chi connectivity index (χ3v) is 6.46. The predicted octanol–water partition coefficient (Wildman–Crippen LogP) is 3.43. The summed E-state index contributed by atoms with van der Waals surface area (Å²) in [6.45, 7) is 7.20. The van der Waals surface area contributed by atoms with Gasteiger partial charge in [0, 0.05) is 24.2 Å². The van der Waals surface area contributed by atoms with E-state index in [0.717, 1.165) is 22.2 Å². The third-order valence-electron chi connectivity index (χ3n) is 6.46. The monoisotopic (exact) mass is 462 g/mol. The van der Waals surface area contributed by atoms with E-state index in [0.29, 0.717) is 43.9 Å². The molecule has 1 N–H and O–H groups in total. The fourth-order valence-corrected chi connectivity index (χ4v) is 4.41. The number of anilines is 2. The van der Waals surface area contributed by atoms with E-state index < -0.39 is 5.69 Å². The lowest BCUT2D eigenvalue weighted by atomic mass is 9.97. The standard InChI is InChI=1S/C26H30N4O4/c1-4-34-25(32)19-12-14-29(15-13-19)24-20-9-5-6-11-22(20)30(26(33)28-24)16-23(31)27-21-10-7-8-17(2)18(21)3/h5-11,19H,4,12-16H2,1-3H3,(H,27,31). The van der Waals surface area contributed by atoms with Gasteiger partial charge in [0.05, 0.1) is 18.0 Å². The van der Waals surface area contributed by atoms with Crippen molar-refractivity contribution in [2.24, 2.45) is 5.92 Å². The molecular formula is C26H30N4O4. The van der Waals surface area contributed by atoms with Crippen LogP contribution < -0.4 is 15.9 Å². The van der Waals surface area contributed by atoms with Crippen molar-refractivity contribution in [3.63, 3.8) is 0 Å². The first-order chi connectivity index (χ1) is 16.4. The van der Waals surface area contributed by atoms with Crippen LogP contribution in [0.5, 0.6) is 0 Å². The molecule has 2 heterocycles. The maximum Gasteiger partial charge on any atom is 0.350 e. The number of fused-ring (bicyclic) bond motifs is 1. The molecule has 0 radical (unpaired) electrons. The van der Waals surface area contributed by atoms with Gasteiger partial charge in [-0.15, -0.1) is 0 Å². The zero-order valence-corrected chi connectivity index (χ0v) is 19.8. The van der Waals surface area contributed by atoms with E-state index >= 15 is 0 Å². The first-order valence-electron chi connectivity index (χ1n) is 11.7. The van der Waals surface area contributed by atoms with E-state index in [1.165, 1.54) is 4.57 Å². The van der Waals surface area contributed by atoms with Crippen LogP contribution in [0, 0.1) is 19.8 Å².